The molecule has 0 aliphatic heterocycles. The average molecular weight is 385 g/mol. The van der Waals surface area contributed by atoms with E-state index in [9.17, 15) is 9.59 Å². The van der Waals surface area contributed by atoms with Gasteiger partial charge in [0.25, 0.3) is 11.8 Å². The highest BCUT2D eigenvalue weighted by molar-refractivity contribution is 7.80. The van der Waals surface area contributed by atoms with Crippen LogP contribution in [-0.4, -0.2) is 30.1 Å². The molecule has 0 fully saturated rings. The zero-order valence-electron chi connectivity index (χ0n) is 15.4. The van der Waals surface area contributed by atoms with Gasteiger partial charge in [-0.2, -0.15) is 0 Å². The van der Waals surface area contributed by atoms with E-state index in [4.69, 9.17) is 17.0 Å². The molecule has 3 N–H and O–H groups in total. The monoisotopic (exact) mass is 385 g/mol. The van der Waals surface area contributed by atoms with Gasteiger partial charge in [-0.25, -0.2) is 0 Å². The van der Waals surface area contributed by atoms with Crippen LogP contribution in [0.5, 0.6) is 5.75 Å². The number of ether oxygens (including phenoxy) is 1. The second-order valence-corrected chi connectivity index (χ2v) is 6.11. The van der Waals surface area contributed by atoms with E-state index in [0.717, 1.165) is 6.42 Å². The Bertz CT molecular complexity index is 806. The minimum Gasteiger partial charge on any atom is -0.494 e. The predicted octanol–water partition coefficient (Wildman–Crippen LogP) is 3.35. The van der Waals surface area contributed by atoms with Gasteiger partial charge in [0, 0.05) is 23.4 Å². The van der Waals surface area contributed by atoms with Crippen molar-refractivity contribution in [3.63, 3.8) is 0 Å². The summed E-state index contributed by atoms with van der Waals surface area (Å²) in [6.07, 6.45) is 0.882. The number of nitrogens with one attached hydrogen (secondary N) is 3. The Kier molecular flexibility index (Phi) is 7.76. The Labute approximate surface area is 164 Å². The average Bonchev–Trinajstić information content (AvgIpc) is 2.67. The van der Waals surface area contributed by atoms with Crippen LogP contribution < -0.4 is 20.7 Å². The second kappa shape index (κ2) is 10.3. The number of rotatable bonds is 7. The molecular formula is C20H23N3O3S. The van der Waals surface area contributed by atoms with Gasteiger partial charge in [0.15, 0.2) is 5.11 Å². The van der Waals surface area contributed by atoms with Gasteiger partial charge in [-0.15, -0.1) is 0 Å². The number of benzene rings is 2. The minimum absolute atomic E-state index is 0.117. The Balaban J connectivity index is 1.92. The zero-order valence-corrected chi connectivity index (χ0v) is 16.2. The van der Waals surface area contributed by atoms with Crippen LogP contribution in [0.3, 0.4) is 0 Å². The van der Waals surface area contributed by atoms with Crippen LogP contribution in [0.25, 0.3) is 0 Å². The fourth-order valence-electron chi connectivity index (χ4n) is 2.28. The standard InChI is InChI=1S/C20H23N3O3S/c1-3-12-21-18(24)14-8-10-16(11-9-14)22-20(27)23-19(25)15-6-5-7-17(13-15)26-4-2/h5-11,13H,3-4,12H2,1-2H3,(H,21,24)(H2,22,23,25,27). The van der Waals surface area contributed by atoms with Gasteiger partial charge in [-0.05, 0) is 68.0 Å². The van der Waals surface area contributed by atoms with Crippen LogP contribution in [0.2, 0.25) is 0 Å². The van der Waals surface area contributed by atoms with E-state index in [1.165, 1.54) is 0 Å². The SMILES string of the molecule is CCCNC(=O)c1ccc(NC(=S)NC(=O)c2cccc(OCC)c2)cc1. The molecule has 0 aliphatic rings. The lowest BCUT2D eigenvalue weighted by Crippen LogP contribution is -2.34. The van der Waals surface area contributed by atoms with Crippen molar-refractivity contribution < 1.29 is 14.3 Å². The first kappa shape index (κ1) is 20.4. The Hall–Kier alpha value is -2.93. The van der Waals surface area contributed by atoms with Crippen LogP contribution >= 0.6 is 12.2 Å². The minimum atomic E-state index is -0.329. The molecule has 0 spiro atoms. The van der Waals surface area contributed by atoms with Gasteiger partial charge in [0.2, 0.25) is 0 Å². The molecule has 0 radical (unpaired) electrons. The van der Waals surface area contributed by atoms with Gasteiger partial charge in [-0.3, -0.25) is 14.9 Å². The molecule has 0 saturated heterocycles. The highest BCUT2D eigenvalue weighted by atomic mass is 32.1. The van der Waals surface area contributed by atoms with E-state index >= 15 is 0 Å². The molecular weight excluding hydrogens is 362 g/mol. The van der Waals surface area contributed by atoms with Crippen molar-refractivity contribution in [1.29, 1.82) is 0 Å². The summed E-state index contributed by atoms with van der Waals surface area (Å²) in [7, 11) is 0. The molecule has 0 saturated carbocycles. The fourth-order valence-corrected chi connectivity index (χ4v) is 2.49. The molecule has 0 bridgehead atoms. The lowest BCUT2D eigenvalue weighted by Gasteiger charge is -2.11. The lowest BCUT2D eigenvalue weighted by atomic mass is 10.2. The van der Waals surface area contributed by atoms with Crippen LogP contribution in [-0.2, 0) is 0 Å². The van der Waals surface area contributed by atoms with E-state index in [1.807, 2.05) is 13.8 Å². The summed E-state index contributed by atoms with van der Waals surface area (Å²) < 4.78 is 5.39. The topological polar surface area (TPSA) is 79.5 Å². The molecule has 2 rings (SSSR count). The third-order valence-electron chi connectivity index (χ3n) is 3.57. The molecule has 0 unspecified atom stereocenters. The predicted molar refractivity (Wildman–Crippen MR) is 110 cm³/mol. The van der Waals surface area contributed by atoms with Gasteiger partial charge >= 0.3 is 0 Å². The molecule has 7 heteroatoms. The van der Waals surface area contributed by atoms with Gasteiger partial charge in [0.1, 0.15) is 5.75 Å². The summed E-state index contributed by atoms with van der Waals surface area (Å²) in [5.74, 6) is 0.180. The third kappa shape index (κ3) is 6.38. The van der Waals surface area contributed by atoms with E-state index in [0.29, 0.717) is 35.7 Å². The van der Waals surface area contributed by atoms with E-state index in [2.05, 4.69) is 16.0 Å². The molecule has 0 aromatic heterocycles. The van der Waals surface area contributed by atoms with E-state index < -0.39 is 0 Å². The summed E-state index contributed by atoms with van der Waals surface area (Å²) in [6, 6.07) is 13.7. The van der Waals surface area contributed by atoms with Crippen molar-refractivity contribution >= 4 is 34.8 Å². The van der Waals surface area contributed by atoms with Gasteiger partial charge < -0.3 is 15.4 Å². The fraction of sp³-hybridized carbons (Fsp3) is 0.250. The summed E-state index contributed by atoms with van der Waals surface area (Å²) in [6.45, 7) is 5.04. The first-order valence-corrected chi connectivity index (χ1v) is 9.17. The molecule has 6 nitrogen and oxygen atoms in total. The molecule has 0 aliphatic carbocycles. The molecule has 2 aromatic carbocycles. The molecule has 0 atom stereocenters. The lowest BCUT2D eigenvalue weighted by molar-refractivity contribution is 0.0951. The van der Waals surface area contributed by atoms with Crippen LogP contribution in [0, 0.1) is 0 Å². The smallest absolute Gasteiger partial charge is 0.257 e. The summed E-state index contributed by atoms with van der Waals surface area (Å²) >= 11 is 5.18. The van der Waals surface area contributed by atoms with Crippen LogP contribution in [0.15, 0.2) is 48.5 Å². The summed E-state index contributed by atoms with van der Waals surface area (Å²) in [5.41, 5.74) is 1.69. The largest absolute Gasteiger partial charge is 0.494 e. The maximum absolute atomic E-state index is 12.3. The Morgan fingerprint density at radius 3 is 2.41 bits per heavy atom. The number of thiocarbonyl (C=S) groups is 1. The number of amides is 2. The number of hydrogen-bond donors (Lipinski definition) is 3. The van der Waals surface area contributed by atoms with Crippen molar-refractivity contribution in [2.45, 2.75) is 20.3 Å². The molecule has 2 aromatic rings. The van der Waals surface area contributed by atoms with Crippen LogP contribution in [0.4, 0.5) is 5.69 Å². The van der Waals surface area contributed by atoms with Crippen molar-refractivity contribution in [2.24, 2.45) is 0 Å². The Morgan fingerprint density at radius 1 is 1.00 bits per heavy atom. The number of hydrogen-bond acceptors (Lipinski definition) is 4. The van der Waals surface area contributed by atoms with Crippen molar-refractivity contribution in [3.05, 3.63) is 59.7 Å². The van der Waals surface area contributed by atoms with Crippen molar-refractivity contribution in [1.82, 2.24) is 10.6 Å². The van der Waals surface area contributed by atoms with E-state index in [-0.39, 0.29) is 16.9 Å². The highest BCUT2D eigenvalue weighted by Gasteiger charge is 2.10. The number of anilines is 1. The van der Waals surface area contributed by atoms with Gasteiger partial charge in [-0.1, -0.05) is 13.0 Å². The van der Waals surface area contributed by atoms with Gasteiger partial charge in [0.05, 0.1) is 6.61 Å². The van der Waals surface area contributed by atoms with Crippen molar-refractivity contribution in [3.8, 4) is 5.75 Å². The first-order valence-electron chi connectivity index (χ1n) is 8.77. The normalized spacial score (nSPS) is 10.0. The second-order valence-electron chi connectivity index (χ2n) is 5.70. The number of carbonyl (C=O) groups excluding carboxylic acids is 2. The van der Waals surface area contributed by atoms with E-state index in [1.54, 1.807) is 48.5 Å². The van der Waals surface area contributed by atoms with Crippen LogP contribution in [0.1, 0.15) is 41.0 Å². The summed E-state index contributed by atoms with van der Waals surface area (Å²) in [4.78, 5) is 24.2. The number of carbonyl (C=O) groups is 2. The maximum atomic E-state index is 12.3. The molecule has 27 heavy (non-hydrogen) atoms. The highest BCUT2D eigenvalue weighted by Crippen LogP contribution is 2.13. The molecule has 0 heterocycles. The third-order valence-corrected chi connectivity index (χ3v) is 3.78. The molecule has 142 valence electrons. The zero-order chi connectivity index (χ0) is 19.6. The molecule has 2 amide bonds. The maximum Gasteiger partial charge on any atom is 0.257 e. The van der Waals surface area contributed by atoms with Crippen molar-refractivity contribution in [2.75, 3.05) is 18.5 Å². The first-order chi connectivity index (χ1) is 13.0. The quantitative estimate of drug-likeness (QED) is 0.637. The summed E-state index contributed by atoms with van der Waals surface area (Å²) in [5, 5.41) is 8.54. The Morgan fingerprint density at radius 2 is 1.74 bits per heavy atom.